The molecule has 0 bridgehead atoms. The minimum Gasteiger partial charge on any atom is -0.396 e. The third-order valence-electron chi connectivity index (χ3n) is 4.09. The molecule has 132 valence electrons. The van der Waals surface area contributed by atoms with Crippen LogP contribution in [0.2, 0.25) is 0 Å². The van der Waals surface area contributed by atoms with Crippen LogP contribution in [0.4, 0.5) is 0 Å². The smallest absolute Gasteiger partial charge is 0.125 e. The van der Waals surface area contributed by atoms with Crippen LogP contribution in [0.15, 0.2) is 42.1 Å². The molecule has 0 N–H and O–H groups in total. The fourth-order valence-electron chi connectivity index (χ4n) is 2.81. The molecule has 6 nitrogen and oxygen atoms in total. The van der Waals surface area contributed by atoms with Gasteiger partial charge in [-0.05, 0) is 37.8 Å². The third-order valence-corrected chi connectivity index (χ3v) is 5.15. The van der Waals surface area contributed by atoms with Gasteiger partial charge in [0.25, 0.3) is 0 Å². The predicted octanol–water partition coefficient (Wildman–Crippen LogP) is 4.13. The molecule has 1 aliphatic rings. The number of rotatable bonds is 5. The van der Waals surface area contributed by atoms with E-state index in [1.807, 2.05) is 30.7 Å². The molecule has 26 heavy (non-hydrogen) atoms. The van der Waals surface area contributed by atoms with E-state index in [1.165, 1.54) is 0 Å². The van der Waals surface area contributed by atoms with Gasteiger partial charge in [-0.1, -0.05) is 12.1 Å². The van der Waals surface area contributed by atoms with Gasteiger partial charge in [-0.15, -0.1) is 11.3 Å². The lowest BCUT2D eigenvalue weighted by atomic mass is 9.98. The van der Waals surface area contributed by atoms with E-state index in [0.717, 1.165) is 63.9 Å². The summed E-state index contributed by atoms with van der Waals surface area (Å²) in [7, 11) is 0. The zero-order valence-corrected chi connectivity index (χ0v) is 15.4. The van der Waals surface area contributed by atoms with Gasteiger partial charge in [-0.3, -0.25) is 9.97 Å². The Morgan fingerprint density at radius 2 is 2.15 bits per heavy atom. The molecule has 3 heterocycles. The third kappa shape index (κ3) is 3.48. The van der Waals surface area contributed by atoms with E-state index in [9.17, 15) is 0 Å². The van der Waals surface area contributed by atoms with E-state index in [4.69, 9.17) is 9.82 Å². The lowest BCUT2D eigenvalue weighted by molar-refractivity contribution is 0.144. The summed E-state index contributed by atoms with van der Waals surface area (Å²) in [4.78, 5) is 24.5. The molecule has 0 atom stereocenters. The van der Waals surface area contributed by atoms with Crippen molar-refractivity contribution in [3.05, 3.63) is 48.3 Å². The average molecular weight is 365 g/mol. The van der Waals surface area contributed by atoms with Crippen LogP contribution in [0.25, 0.3) is 21.1 Å². The van der Waals surface area contributed by atoms with Crippen molar-refractivity contribution in [2.75, 3.05) is 6.61 Å². The molecule has 0 amide bonds. The van der Waals surface area contributed by atoms with E-state index in [-0.39, 0.29) is 0 Å². The summed E-state index contributed by atoms with van der Waals surface area (Å²) in [6.45, 7) is 2.69. The number of fused-ring (bicyclic) bond motifs is 1. The standard InChI is InChI=1S/C19H19N5OS/c1-2-9-25-24-15-7-3-6-14-18(15)23-16(11-21-14)17-12-22-19(26-17)13-5-4-8-20-10-13/h4-5,8,10-12H,2-3,6-7,9H2,1H3. The highest BCUT2D eigenvalue weighted by atomic mass is 32.1. The molecule has 4 rings (SSSR count). The summed E-state index contributed by atoms with van der Waals surface area (Å²) in [5.41, 5.74) is 4.58. The Kier molecular flexibility index (Phi) is 4.97. The Morgan fingerprint density at radius 1 is 1.19 bits per heavy atom. The zero-order chi connectivity index (χ0) is 17.8. The van der Waals surface area contributed by atoms with Crippen LogP contribution in [0.5, 0.6) is 0 Å². The van der Waals surface area contributed by atoms with Gasteiger partial charge in [0.05, 0.1) is 16.8 Å². The zero-order valence-electron chi connectivity index (χ0n) is 14.6. The van der Waals surface area contributed by atoms with Crippen LogP contribution >= 0.6 is 11.3 Å². The first-order valence-electron chi connectivity index (χ1n) is 8.77. The van der Waals surface area contributed by atoms with Gasteiger partial charge in [0.2, 0.25) is 0 Å². The van der Waals surface area contributed by atoms with Crippen LogP contribution < -0.4 is 0 Å². The number of pyridine rings is 1. The molecule has 3 aromatic rings. The van der Waals surface area contributed by atoms with Crippen LogP contribution in [0, 0.1) is 0 Å². The Labute approximate surface area is 156 Å². The summed E-state index contributed by atoms with van der Waals surface area (Å²) in [5, 5.41) is 5.22. The number of hydrogen-bond donors (Lipinski definition) is 0. The number of thiazole rings is 1. The number of hydrogen-bond acceptors (Lipinski definition) is 7. The maximum atomic E-state index is 5.39. The predicted molar refractivity (Wildman–Crippen MR) is 102 cm³/mol. The minimum absolute atomic E-state index is 0.620. The highest BCUT2D eigenvalue weighted by molar-refractivity contribution is 7.18. The number of aromatic nitrogens is 4. The topological polar surface area (TPSA) is 73.2 Å². The van der Waals surface area contributed by atoms with Crippen LogP contribution in [-0.4, -0.2) is 32.3 Å². The molecule has 0 saturated heterocycles. The van der Waals surface area contributed by atoms with Gasteiger partial charge < -0.3 is 4.84 Å². The van der Waals surface area contributed by atoms with E-state index < -0.39 is 0 Å². The lowest BCUT2D eigenvalue weighted by Gasteiger charge is -2.16. The SMILES string of the molecule is CCCON=C1CCCc2ncc(-c3cnc(-c4cccnc4)s3)nc21. The highest BCUT2D eigenvalue weighted by Crippen LogP contribution is 2.31. The summed E-state index contributed by atoms with van der Waals surface area (Å²) < 4.78 is 0. The molecule has 7 heteroatoms. The van der Waals surface area contributed by atoms with E-state index in [2.05, 4.69) is 27.0 Å². The monoisotopic (exact) mass is 365 g/mol. The lowest BCUT2D eigenvalue weighted by Crippen LogP contribution is -2.16. The Morgan fingerprint density at radius 3 is 3.00 bits per heavy atom. The van der Waals surface area contributed by atoms with E-state index >= 15 is 0 Å². The second-order valence-corrected chi connectivity index (χ2v) is 7.08. The van der Waals surface area contributed by atoms with Crippen molar-refractivity contribution in [2.45, 2.75) is 32.6 Å². The second kappa shape index (κ2) is 7.70. The maximum Gasteiger partial charge on any atom is 0.125 e. The van der Waals surface area contributed by atoms with Gasteiger partial charge in [0.1, 0.15) is 28.7 Å². The van der Waals surface area contributed by atoms with Gasteiger partial charge in [0, 0.05) is 24.2 Å². The minimum atomic E-state index is 0.620. The molecule has 0 unspecified atom stereocenters. The summed E-state index contributed by atoms with van der Waals surface area (Å²) >= 11 is 1.59. The molecule has 0 aromatic carbocycles. The first-order chi connectivity index (χ1) is 12.8. The average Bonchev–Trinajstić information content (AvgIpc) is 3.19. The van der Waals surface area contributed by atoms with Gasteiger partial charge in [-0.2, -0.15) is 0 Å². The molecule has 0 fully saturated rings. The Balaban J connectivity index is 1.66. The van der Waals surface area contributed by atoms with Crippen molar-refractivity contribution in [3.63, 3.8) is 0 Å². The van der Waals surface area contributed by atoms with Crippen molar-refractivity contribution >= 4 is 17.0 Å². The summed E-state index contributed by atoms with van der Waals surface area (Å²) in [6.07, 6.45) is 11.0. The van der Waals surface area contributed by atoms with Crippen molar-refractivity contribution in [3.8, 4) is 21.1 Å². The number of aryl methyl sites for hydroxylation is 1. The molecular formula is C19H19N5OS. The van der Waals surface area contributed by atoms with Gasteiger partial charge in [0.15, 0.2) is 0 Å². The first kappa shape index (κ1) is 16.8. The highest BCUT2D eigenvalue weighted by Gasteiger charge is 2.21. The molecular weight excluding hydrogens is 346 g/mol. The molecule has 0 radical (unpaired) electrons. The first-order valence-corrected chi connectivity index (χ1v) is 9.58. The van der Waals surface area contributed by atoms with Crippen molar-refractivity contribution in [1.82, 2.24) is 19.9 Å². The van der Waals surface area contributed by atoms with Gasteiger partial charge in [-0.25, -0.2) is 9.97 Å². The summed E-state index contributed by atoms with van der Waals surface area (Å²) in [6, 6.07) is 3.91. The molecule has 3 aromatic heterocycles. The number of nitrogens with zero attached hydrogens (tertiary/aromatic N) is 5. The molecule has 0 saturated carbocycles. The van der Waals surface area contributed by atoms with E-state index in [0.29, 0.717) is 6.61 Å². The molecule has 0 spiro atoms. The fourth-order valence-corrected chi connectivity index (χ4v) is 3.67. The van der Waals surface area contributed by atoms with Crippen molar-refractivity contribution in [2.24, 2.45) is 5.16 Å². The van der Waals surface area contributed by atoms with E-state index in [1.54, 1.807) is 17.5 Å². The Bertz CT molecular complexity index is 923. The molecule has 1 aliphatic carbocycles. The molecule has 0 aliphatic heterocycles. The number of oxime groups is 1. The largest absolute Gasteiger partial charge is 0.396 e. The van der Waals surface area contributed by atoms with Crippen LogP contribution in [0.1, 0.15) is 37.6 Å². The van der Waals surface area contributed by atoms with Crippen molar-refractivity contribution < 1.29 is 4.84 Å². The van der Waals surface area contributed by atoms with Crippen LogP contribution in [-0.2, 0) is 11.3 Å². The fraction of sp³-hybridized carbons (Fsp3) is 0.316. The van der Waals surface area contributed by atoms with Crippen LogP contribution in [0.3, 0.4) is 0 Å². The summed E-state index contributed by atoms with van der Waals surface area (Å²) in [5.74, 6) is 0. The van der Waals surface area contributed by atoms with Crippen molar-refractivity contribution in [1.29, 1.82) is 0 Å². The second-order valence-electron chi connectivity index (χ2n) is 6.05. The van der Waals surface area contributed by atoms with Gasteiger partial charge >= 0.3 is 0 Å². The maximum absolute atomic E-state index is 5.39. The Hall–Kier alpha value is -2.67. The quantitative estimate of drug-likeness (QED) is 0.502. The normalized spacial score (nSPS) is 15.0.